The van der Waals surface area contributed by atoms with Crippen molar-refractivity contribution in [2.24, 2.45) is 0 Å². The second-order valence-electron chi connectivity index (χ2n) is 8.73. The van der Waals surface area contributed by atoms with Crippen LogP contribution in [0.5, 0.6) is 0 Å². The largest absolute Gasteiger partial charge is 0.335 e. The van der Waals surface area contributed by atoms with Crippen LogP contribution in [0.4, 0.5) is 9.18 Å². The van der Waals surface area contributed by atoms with E-state index in [2.05, 4.69) is 15.2 Å². The number of halogens is 1. The molecule has 3 heterocycles. The summed E-state index contributed by atoms with van der Waals surface area (Å²) in [5.74, 6) is 0.598. The van der Waals surface area contributed by atoms with Crippen LogP contribution in [-0.4, -0.2) is 62.6 Å². The molecule has 8 heteroatoms. The van der Waals surface area contributed by atoms with Gasteiger partial charge >= 0.3 is 6.03 Å². The fourth-order valence-corrected chi connectivity index (χ4v) is 4.75. The van der Waals surface area contributed by atoms with Crippen LogP contribution in [0.15, 0.2) is 42.6 Å². The van der Waals surface area contributed by atoms with Crippen molar-refractivity contribution < 1.29 is 9.18 Å². The van der Waals surface area contributed by atoms with Crippen LogP contribution in [0.3, 0.4) is 0 Å². The minimum Gasteiger partial charge on any atom is -0.335 e. The summed E-state index contributed by atoms with van der Waals surface area (Å²) in [5, 5.41) is 3.22. The first-order valence-electron chi connectivity index (χ1n) is 11.5. The molecule has 0 bridgehead atoms. The van der Waals surface area contributed by atoms with Gasteiger partial charge in [0, 0.05) is 44.1 Å². The smallest absolute Gasteiger partial charge is 0.317 e. The first kappa shape index (κ1) is 20.9. The molecular weight excluding hydrogens is 407 g/mol. The van der Waals surface area contributed by atoms with Crippen molar-refractivity contribution in [1.82, 2.24) is 29.7 Å². The molecule has 3 aromatic rings. The van der Waals surface area contributed by atoms with E-state index >= 15 is 0 Å². The lowest BCUT2D eigenvalue weighted by molar-refractivity contribution is 0.130. The number of amides is 2. The van der Waals surface area contributed by atoms with E-state index in [1.165, 1.54) is 31.4 Å². The average Bonchev–Trinajstić information content (AvgIpc) is 3.18. The molecular formula is C24H29FN6O. The maximum Gasteiger partial charge on any atom is 0.317 e. The highest BCUT2D eigenvalue weighted by Gasteiger charge is 2.25. The molecule has 2 aromatic heterocycles. The summed E-state index contributed by atoms with van der Waals surface area (Å²) in [6.07, 6.45) is 7.64. The normalized spacial score (nSPS) is 18.2. The van der Waals surface area contributed by atoms with Crippen LogP contribution in [0.2, 0.25) is 0 Å². The van der Waals surface area contributed by atoms with Crippen LogP contribution >= 0.6 is 0 Å². The van der Waals surface area contributed by atoms with E-state index in [-0.39, 0.29) is 11.8 Å². The molecule has 1 aliphatic carbocycles. The van der Waals surface area contributed by atoms with Crippen molar-refractivity contribution in [2.45, 2.75) is 44.7 Å². The average molecular weight is 437 g/mol. The number of piperazine rings is 1. The number of benzene rings is 1. The SMILES string of the molecule is O=C(NC1CCCCC1)N1CCN(Cc2nc3cccnc3n2-c2ccc(F)cc2)CC1. The zero-order chi connectivity index (χ0) is 21.9. The van der Waals surface area contributed by atoms with Crippen LogP contribution in [0.1, 0.15) is 37.9 Å². The predicted octanol–water partition coefficient (Wildman–Crippen LogP) is 3.72. The van der Waals surface area contributed by atoms with Gasteiger partial charge in [0.1, 0.15) is 17.2 Å². The Labute approximate surface area is 187 Å². The van der Waals surface area contributed by atoms with Gasteiger partial charge in [0.15, 0.2) is 5.65 Å². The molecule has 1 N–H and O–H groups in total. The summed E-state index contributed by atoms with van der Waals surface area (Å²) in [4.78, 5) is 26.2. The molecule has 5 rings (SSSR count). The summed E-state index contributed by atoms with van der Waals surface area (Å²) in [5.41, 5.74) is 2.42. The first-order chi connectivity index (χ1) is 15.7. The summed E-state index contributed by atoms with van der Waals surface area (Å²) in [6, 6.07) is 10.6. The molecule has 0 atom stereocenters. The standard InChI is InChI=1S/C24H29FN6O/c25-18-8-10-20(11-9-18)31-22(28-21-7-4-12-26-23(21)31)17-29-13-15-30(16-14-29)24(32)27-19-5-2-1-3-6-19/h4,7-12,19H,1-3,5-6,13-17H2,(H,27,32). The minimum absolute atomic E-state index is 0.0688. The topological polar surface area (TPSA) is 66.3 Å². The zero-order valence-corrected chi connectivity index (χ0v) is 18.2. The zero-order valence-electron chi connectivity index (χ0n) is 18.2. The third kappa shape index (κ3) is 4.46. The Morgan fingerprint density at radius 3 is 2.53 bits per heavy atom. The van der Waals surface area contributed by atoms with E-state index in [0.29, 0.717) is 25.7 Å². The maximum atomic E-state index is 13.5. The molecule has 2 fully saturated rings. The third-order valence-corrected chi connectivity index (χ3v) is 6.53. The van der Waals surface area contributed by atoms with Crippen LogP contribution in [0.25, 0.3) is 16.9 Å². The van der Waals surface area contributed by atoms with Gasteiger partial charge in [-0.2, -0.15) is 0 Å². The van der Waals surface area contributed by atoms with Crippen molar-refractivity contribution >= 4 is 17.2 Å². The van der Waals surface area contributed by atoms with E-state index in [4.69, 9.17) is 4.98 Å². The van der Waals surface area contributed by atoms with Crippen LogP contribution in [0, 0.1) is 5.82 Å². The van der Waals surface area contributed by atoms with Gasteiger partial charge in [-0.1, -0.05) is 19.3 Å². The van der Waals surface area contributed by atoms with Crippen molar-refractivity contribution in [1.29, 1.82) is 0 Å². The summed E-state index contributed by atoms with van der Waals surface area (Å²) < 4.78 is 15.5. The number of carbonyl (C=O) groups is 1. The molecule has 32 heavy (non-hydrogen) atoms. The van der Waals surface area contributed by atoms with Crippen molar-refractivity contribution in [3.63, 3.8) is 0 Å². The highest BCUT2D eigenvalue weighted by atomic mass is 19.1. The summed E-state index contributed by atoms with van der Waals surface area (Å²) in [7, 11) is 0. The number of carbonyl (C=O) groups excluding carboxylic acids is 1. The number of fused-ring (bicyclic) bond motifs is 1. The quantitative estimate of drug-likeness (QED) is 0.677. The van der Waals surface area contributed by atoms with Crippen LogP contribution in [-0.2, 0) is 6.54 Å². The molecule has 168 valence electrons. The molecule has 1 aliphatic heterocycles. The lowest BCUT2D eigenvalue weighted by atomic mass is 9.96. The summed E-state index contributed by atoms with van der Waals surface area (Å²) >= 11 is 0. The monoisotopic (exact) mass is 436 g/mol. The second-order valence-corrected chi connectivity index (χ2v) is 8.73. The van der Waals surface area contributed by atoms with Gasteiger partial charge in [0.25, 0.3) is 0 Å². The Kier molecular flexibility index (Phi) is 6.03. The fourth-order valence-electron chi connectivity index (χ4n) is 4.75. The molecule has 2 aliphatic rings. The Bertz CT molecular complexity index is 1070. The third-order valence-electron chi connectivity index (χ3n) is 6.53. The molecule has 2 amide bonds. The highest BCUT2D eigenvalue weighted by Crippen LogP contribution is 2.22. The molecule has 0 spiro atoms. The maximum absolute atomic E-state index is 13.5. The van der Waals surface area contributed by atoms with E-state index in [9.17, 15) is 9.18 Å². The molecule has 1 saturated heterocycles. The van der Waals surface area contributed by atoms with Gasteiger partial charge in [0.05, 0.1) is 6.54 Å². The molecule has 0 unspecified atom stereocenters. The number of imidazole rings is 1. The number of hydrogen-bond donors (Lipinski definition) is 1. The van der Waals surface area contributed by atoms with Gasteiger partial charge in [-0.15, -0.1) is 0 Å². The number of nitrogens with one attached hydrogen (secondary N) is 1. The molecule has 0 radical (unpaired) electrons. The molecule has 7 nitrogen and oxygen atoms in total. The second kappa shape index (κ2) is 9.24. The van der Waals surface area contributed by atoms with Gasteiger partial charge < -0.3 is 10.2 Å². The minimum atomic E-state index is -0.268. The number of urea groups is 1. The van der Waals surface area contributed by atoms with E-state index < -0.39 is 0 Å². The first-order valence-corrected chi connectivity index (χ1v) is 11.5. The van der Waals surface area contributed by atoms with Crippen molar-refractivity contribution in [2.75, 3.05) is 26.2 Å². The Hall–Kier alpha value is -3.00. The number of aromatic nitrogens is 3. The number of pyridine rings is 1. The van der Waals surface area contributed by atoms with Gasteiger partial charge in [-0.25, -0.2) is 19.2 Å². The van der Waals surface area contributed by atoms with E-state index in [1.807, 2.05) is 21.6 Å². The van der Waals surface area contributed by atoms with Gasteiger partial charge in [-0.05, 0) is 49.2 Å². The van der Waals surface area contributed by atoms with Crippen molar-refractivity contribution in [3.8, 4) is 5.69 Å². The predicted molar refractivity (Wildman–Crippen MR) is 121 cm³/mol. The number of rotatable bonds is 4. The van der Waals surface area contributed by atoms with Crippen LogP contribution < -0.4 is 5.32 Å². The highest BCUT2D eigenvalue weighted by molar-refractivity contribution is 5.75. The lowest BCUT2D eigenvalue weighted by Gasteiger charge is -2.35. The number of nitrogens with zero attached hydrogens (tertiary/aromatic N) is 5. The number of hydrogen-bond acceptors (Lipinski definition) is 4. The Balaban J connectivity index is 1.27. The Morgan fingerprint density at radius 1 is 1.03 bits per heavy atom. The van der Waals surface area contributed by atoms with E-state index in [0.717, 1.165) is 48.6 Å². The van der Waals surface area contributed by atoms with Gasteiger partial charge in [-0.3, -0.25) is 9.47 Å². The molecule has 1 saturated carbocycles. The Morgan fingerprint density at radius 2 is 1.78 bits per heavy atom. The van der Waals surface area contributed by atoms with Crippen molar-refractivity contribution in [3.05, 3.63) is 54.2 Å². The summed E-state index contributed by atoms with van der Waals surface area (Å²) in [6.45, 7) is 3.63. The van der Waals surface area contributed by atoms with Gasteiger partial charge in [0.2, 0.25) is 0 Å². The molecule has 1 aromatic carbocycles. The lowest BCUT2D eigenvalue weighted by Crippen LogP contribution is -2.53. The van der Waals surface area contributed by atoms with E-state index in [1.54, 1.807) is 18.3 Å². The fraction of sp³-hybridized carbons (Fsp3) is 0.458.